The van der Waals surface area contributed by atoms with Gasteiger partial charge in [0.05, 0.1) is 5.52 Å². The van der Waals surface area contributed by atoms with Crippen LogP contribution < -0.4 is 5.32 Å². The number of aromatic nitrogens is 1. The number of urea groups is 1. The van der Waals surface area contributed by atoms with Crippen LogP contribution in [0.2, 0.25) is 5.02 Å². The first-order valence-electron chi connectivity index (χ1n) is 10.9. The van der Waals surface area contributed by atoms with Crippen LogP contribution in [-0.4, -0.2) is 59.7 Å². The van der Waals surface area contributed by atoms with E-state index in [-0.39, 0.29) is 24.3 Å². The van der Waals surface area contributed by atoms with Crippen LogP contribution in [0, 0.1) is 5.82 Å². The molecule has 32 heavy (non-hydrogen) atoms. The highest BCUT2D eigenvalue weighted by molar-refractivity contribution is 6.31. The first kappa shape index (κ1) is 22.9. The maximum Gasteiger partial charge on any atom is 0.317 e. The van der Waals surface area contributed by atoms with Gasteiger partial charge in [0.25, 0.3) is 0 Å². The Morgan fingerprint density at radius 1 is 1.03 bits per heavy atom. The number of nitrogens with one attached hydrogen (secondary N) is 1. The lowest BCUT2D eigenvalue weighted by molar-refractivity contribution is 0.181. The normalized spacial score (nSPS) is 17.6. The van der Waals surface area contributed by atoms with Crippen LogP contribution in [0.5, 0.6) is 0 Å². The van der Waals surface area contributed by atoms with Crippen LogP contribution in [0.1, 0.15) is 24.3 Å². The molecule has 0 bridgehead atoms. The molecule has 0 aliphatic carbocycles. The highest BCUT2D eigenvalue weighted by atomic mass is 35.5. The zero-order chi connectivity index (χ0) is 21.4. The third-order valence-electron chi connectivity index (χ3n) is 6.56. The summed E-state index contributed by atoms with van der Waals surface area (Å²) in [6, 6.07) is 12.7. The van der Waals surface area contributed by atoms with E-state index in [0.29, 0.717) is 5.92 Å². The Labute approximate surface area is 198 Å². The Bertz CT molecular complexity index is 1090. The van der Waals surface area contributed by atoms with Crippen LogP contribution in [-0.2, 0) is 0 Å². The molecular weight excluding hydrogens is 450 g/mol. The Hall–Kier alpha value is -2.28. The SMILES string of the molecule is Cl.O=C1NCCN1CCN1CCC(c2cn(-c3ccc(F)cc3)c3ccc(Cl)cc23)CC1. The van der Waals surface area contributed by atoms with E-state index >= 15 is 0 Å². The van der Waals surface area contributed by atoms with Gasteiger partial charge >= 0.3 is 6.03 Å². The summed E-state index contributed by atoms with van der Waals surface area (Å²) >= 11 is 6.34. The summed E-state index contributed by atoms with van der Waals surface area (Å²) in [6.45, 7) is 5.30. The number of benzene rings is 2. The third-order valence-corrected chi connectivity index (χ3v) is 6.80. The molecular formula is C24H27Cl2FN4O. The number of hydrogen-bond acceptors (Lipinski definition) is 2. The number of likely N-dealkylation sites (tertiary alicyclic amines) is 1. The molecule has 2 aromatic carbocycles. The van der Waals surface area contributed by atoms with Crippen molar-refractivity contribution >= 4 is 40.9 Å². The summed E-state index contributed by atoms with van der Waals surface area (Å²) in [4.78, 5) is 16.1. The molecule has 0 radical (unpaired) electrons. The number of hydrogen-bond donors (Lipinski definition) is 1. The summed E-state index contributed by atoms with van der Waals surface area (Å²) in [5.74, 6) is 0.219. The second-order valence-corrected chi connectivity index (χ2v) is 8.86. The maximum atomic E-state index is 13.4. The quantitative estimate of drug-likeness (QED) is 0.559. The predicted molar refractivity (Wildman–Crippen MR) is 129 cm³/mol. The maximum absolute atomic E-state index is 13.4. The molecule has 1 aromatic heterocycles. The summed E-state index contributed by atoms with van der Waals surface area (Å²) in [7, 11) is 0. The molecule has 3 heterocycles. The van der Waals surface area contributed by atoms with Crippen molar-refractivity contribution in [1.29, 1.82) is 0 Å². The number of carbonyl (C=O) groups is 1. The van der Waals surface area contributed by atoms with Crippen molar-refractivity contribution in [2.24, 2.45) is 0 Å². The zero-order valence-electron chi connectivity index (χ0n) is 17.8. The van der Waals surface area contributed by atoms with Crippen LogP contribution in [0.3, 0.4) is 0 Å². The molecule has 0 spiro atoms. The van der Waals surface area contributed by atoms with Gasteiger partial charge in [0.1, 0.15) is 5.82 Å². The first-order valence-corrected chi connectivity index (χ1v) is 11.3. The van der Waals surface area contributed by atoms with Crippen molar-refractivity contribution in [2.45, 2.75) is 18.8 Å². The molecule has 170 valence electrons. The number of rotatable bonds is 5. The van der Waals surface area contributed by atoms with E-state index in [0.717, 1.165) is 68.3 Å². The molecule has 2 aliphatic heterocycles. The summed E-state index contributed by atoms with van der Waals surface area (Å²) in [5, 5.41) is 4.76. The van der Waals surface area contributed by atoms with E-state index < -0.39 is 0 Å². The van der Waals surface area contributed by atoms with Gasteiger partial charge < -0.3 is 19.7 Å². The van der Waals surface area contributed by atoms with Gasteiger partial charge in [0.2, 0.25) is 0 Å². The van der Waals surface area contributed by atoms with E-state index in [9.17, 15) is 9.18 Å². The molecule has 2 amide bonds. The van der Waals surface area contributed by atoms with Crippen molar-refractivity contribution < 1.29 is 9.18 Å². The molecule has 8 heteroatoms. The fourth-order valence-electron chi connectivity index (χ4n) is 4.82. The van der Waals surface area contributed by atoms with Crippen molar-refractivity contribution in [2.75, 3.05) is 39.3 Å². The van der Waals surface area contributed by atoms with Gasteiger partial charge in [-0.25, -0.2) is 9.18 Å². The van der Waals surface area contributed by atoms with E-state index in [1.54, 1.807) is 0 Å². The standard InChI is InChI=1S/C24H26ClFN4O.ClH/c25-18-1-6-23-21(15-18)22(16-30(23)20-4-2-19(26)3-5-20)17-7-10-28(11-8-17)13-14-29-12-9-27-24(29)31;/h1-6,15-17H,7-14H2,(H,27,31);1H. The van der Waals surface area contributed by atoms with Crippen LogP contribution in [0.25, 0.3) is 16.6 Å². The largest absolute Gasteiger partial charge is 0.336 e. The van der Waals surface area contributed by atoms with E-state index in [1.807, 2.05) is 35.2 Å². The number of carbonyl (C=O) groups excluding carboxylic acids is 1. The van der Waals surface area contributed by atoms with E-state index in [4.69, 9.17) is 11.6 Å². The first-order chi connectivity index (χ1) is 15.1. The molecule has 2 fully saturated rings. The van der Waals surface area contributed by atoms with Crippen molar-refractivity contribution in [1.82, 2.24) is 19.7 Å². The van der Waals surface area contributed by atoms with Gasteiger partial charge in [-0.2, -0.15) is 0 Å². The lowest BCUT2D eigenvalue weighted by Crippen LogP contribution is -2.40. The molecule has 2 aliphatic rings. The van der Waals surface area contributed by atoms with E-state index in [2.05, 4.69) is 21.0 Å². The fourth-order valence-corrected chi connectivity index (χ4v) is 4.99. The number of amides is 2. The third kappa shape index (κ3) is 4.58. The molecule has 2 saturated heterocycles. The summed E-state index contributed by atoms with van der Waals surface area (Å²) < 4.78 is 15.6. The topological polar surface area (TPSA) is 40.5 Å². The van der Waals surface area contributed by atoms with Gasteiger partial charge in [-0.15, -0.1) is 12.4 Å². The van der Waals surface area contributed by atoms with Gasteiger partial charge in [0, 0.05) is 48.5 Å². The van der Waals surface area contributed by atoms with Gasteiger partial charge in [-0.1, -0.05) is 11.6 Å². The molecule has 3 aromatic rings. The monoisotopic (exact) mass is 476 g/mol. The smallest absolute Gasteiger partial charge is 0.317 e. The molecule has 5 nitrogen and oxygen atoms in total. The highest BCUT2D eigenvalue weighted by Gasteiger charge is 2.26. The fraction of sp³-hybridized carbons (Fsp3) is 0.375. The van der Waals surface area contributed by atoms with Crippen LogP contribution in [0.4, 0.5) is 9.18 Å². The van der Waals surface area contributed by atoms with Crippen LogP contribution in [0.15, 0.2) is 48.7 Å². The molecule has 0 saturated carbocycles. The second-order valence-electron chi connectivity index (χ2n) is 8.43. The predicted octanol–water partition coefficient (Wildman–Crippen LogP) is 5.05. The lowest BCUT2D eigenvalue weighted by Gasteiger charge is -2.32. The van der Waals surface area contributed by atoms with Crippen LogP contribution >= 0.6 is 24.0 Å². The van der Waals surface area contributed by atoms with Crippen molar-refractivity contribution in [3.8, 4) is 5.69 Å². The number of piperidine rings is 1. The Morgan fingerprint density at radius 3 is 2.47 bits per heavy atom. The number of fused-ring (bicyclic) bond motifs is 1. The molecule has 0 atom stereocenters. The summed E-state index contributed by atoms with van der Waals surface area (Å²) in [6.07, 6.45) is 4.34. The minimum Gasteiger partial charge on any atom is -0.336 e. The van der Waals surface area contributed by atoms with Gasteiger partial charge in [-0.3, -0.25) is 0 Å². The van der Waals surface area contributed by atoms with Gasteiger partial charge in [0.15, 0.2) is 0 Å². The average molecular weight is 477 g/mol. The molecule has 5 rings (SSSR count). The summed E-state index contributed by atoms with van der Waals surface area (Å²) in [5.41, 5.74) is 3.34. The average Bonchev–Trinajstić information content (AvgIpc) is 3.36. The highest BCUT2D eigenvalue weighted by Crippen LogP contribution is 2.36. The number of halogens is 3. The molecule has 0 unspecified atom stereocenters. The zero-order valence-corrected chi connectivity index (χ0v) is 19.3. The Kier molecular flexibility index (Phi) is 6.93. The van der Waals surface area contributed by atoms with Gasteiger partial charge in [-0.05, 0) is 79.9 Å². The second kappa shape index (κ2) is 9.69. The van der Waals surface area contributed by atoms with E-state index in [1.165, 1.54) is 23.1 Å². The Balaban J connectivity index is 0.00000245. The van der Waals surface area contributed by atoms with Crippen molar-refractivity contribution in [3.63, 3.8) is 0 Å². The van der Waals surface area contributed by atoms with Crippen molar-refractivity contribution in [3.05, 3.63) is 65.1 Å². The minimum atomic E-state index is -0.234. The number of nitrogens with zero attached hydrogens (tertiary/aromatic N) is 3. The lowest BCUT2D eigenvalue weighted by atomic mass is 9.89. The molecule has 1 N–H and O–H groups in total. The minimum absolute atomic E-state index is 0. The Morgan fingerprint density at radius 2 is 1.78 bits per heavy atom.